The predicted molar refractivity (Wildman–Crippen MR) is 101 cm³/mol. The highest BCUT2D eigenvalue weighted by Crippen LogP contribution is 2.33. The Morgan fingerprint density at radius 2 is 1.59 bits per heavy atom. The fourth-order valence-electron chi connectivity index (χ4n) is 3.60. The molecule has 0 aromatic heterocycles. The topological polar surface area (TPSA) is 153 Å². The van der Waals surface area contributed by atoms with Crippen molar-refractivity contribution in [1.29, 1.82) is 0 Å². The van der Waals surface area contributed by atoms with Gasteiger partial charge in [-0.25, -0.2) is 9.59 Å². The second kappa shape index (κ2) is 10.9. The minimum Gasteiger partial charge on any atom is -0.479 e. The number of carbonyl (C=O) groups is 3. The van der Waals surface area contributed by atoms with Crippen LogP contribution in [0.15, 0.2) is 30.3 Å². The first kappa shape index (κ1) is 22.8. The van der Waals surface area contributed by atoms with Crippen LogP contribution in [-0.2, 0) is 25.7 Å². The Morgan fingerprint density at radius 1 is 1.00 bits per heavy atom. The Kier molecular flexibility index (Phi) is 8.56. The molecule has 5 atom stereocenters. The number of rotatable bonds is 6. The van der Waals surface area contributed by atoms with Crippen LogP contribution in [0.2, 0.25) is 0 Å². The average molecular weight is 409 g/mol. The lowest BCUT2D eigenvalue weighted by atomic mass is 9.85. The third-order valence-corrected chi connectivity index (χ3v) is 5.18. The van der Waals surface area contributed by atoms with Crippen molar-refractivity contribution in [3.05, 3.63) is 35.9 Å². The zero-order chi connectivity index (χ0) is 21.4. The van der Waals surface area contributed by atoms with Crippen LogP contribution in [0.4, 0.5) is 0 Å². The number of hydrogen-bond acceptors (Lipinski definition) is 7. The fraction of sp³-hybridized carbons (Fsp3) is 0.550. The van der Waals surface area contributed by atoms with E-state index in [1.165, 1.54) is 25.7 Å². The van der Waals surface area contributed by atoms with Crippen LogP contribution in [0, 0.1) is 5.92 Å². The number of nitrogens with one attached hydrogen (secondary N) is 1. The van der Waals surface area contributed by atoms with E-state index in [1.807, 2.05) is 30.3 Å². The number of aliphatic hydroxyl groups excluding tert-OH is 2. The number of ether oxygens (including phenoxy) is 1. The minimum atomic E-state index is -2.27. The summed E-state index contributed by atoms with van der Waals surface area (Å²) in [4.78, 5) is 31.6. The maximum atomic E-state index is 12.1. The smallest absolute Gasteiger partial charge is 0.335 e. The molecule has 3 rings (SSSR count). The average Bonchev–Trinajstić information content (AvgIpc) is 3.16. The third-order valence-electron chi connectivity index (χ3n) is 5.18. The number of aliphatic hydroxyl groups is 2. The van der Waals surface area contributed by atoms with Gasteiger partial charge < -0.3 is 30.5 Å². The zero-order valence-electron chi connectivity index (χ0n) is 15.9. The molecule has 1 heterocycles. The van der Waals surface area contributed by atoms with Gasteiger partial charge in [-0.3, -0.25) is 4.79 Å². The van der Waals surface area contributed by atoms with E-state index in [4.69, 9.17) is 25.2 Å². The van der Waals surface area contributed by atoms with E-state index < -0.39 is 24.1 Å². The van der Waals surface area contributed by atoms with Crippen molar-refractivity contribution >= 4 is 17.9 Å². The van der Waals surface area contributed by atoms with E-state index in [0.717, 1.165) is 12.0 Å². The van der Waals surface area contributed by atoms with Gasteiger partial charge in [-0.05, 0) is 30.7 Å². The molecule has 1 aliphatic heterocycles. The van der Waals surface area contributed by atoms with E-state index >= 15 is 0 Å². The Hall–Kier alpha value is -2.49. The first-order valence-electron chi connectivity index (χ1n) is 9.58. The Bertz CT molecular complexity index is 663. The van der Waals surface area contributed by atoms with Crippen LogP contribution in [0.5, 0.6) is 0 Å². The summed E-state index contributed by atoms with van der Waals surface area (Å²) >= 11 is 0. The molecule has 1 aliphatic carbocycles. The lowest BCUT2D eigenvalue weighted by Crippen LogP contribution is -2.39. The highest BCUT2D eigenvalue weighted by atomic mass is 16.5. The molecule has 29 heavy (non-hydrogen) atoms. The molecule has 1 saturated heterocycles. The number of carboxylic acid groups (broad SMARTS) is 2. The van der Waals surface area contributed by atoms with Gasteiger partial charge in [-0.2, -0.15) is 0 Å². The van der Waals surface area contributed by atoms with Crippen LogP contribution >= 0.6 is 0 Å². The molecule has 0 amide bonds. The number of carbonyl (C=O) groups excluding carboxylic acids is 1. The number of esters is 1. The van der Waals surface area contributed by atoms with Gasteiger partial charge in [0.15, 0.2) is 12.2 Å². The quantitative estimate of drug-likeness (QED) is 0.423. The summed E-state index contributed by atoms with van der Waals surface area (Å²) in [6, 6.07) is 10.3. The minimum absolute atomic E-state index is 0.0850. The van der Waals surface area contributed by atoms with Gasteiger partial charge >= 0.3 is 17.9 Å². The SMILES string of the molecule is O=C(O)C(O)C(O)C(=O)O.O=C(OCc1ccccc1)C1CC2CCCCC2N1. The molecule has 2 aliphatic rings. The summed E-state index contributed by atoms with van der Waals surface area (Å²) in [7, 11) is 0. The molecule has 1 saturated carbocycles. The summed E-state index contributed by atoms with van der Waals surface area (Å²) in [6.45, 7) is 0.382. The van der Waals surface area contributed by atoms with E-state index in [9.17, 15) is 14.4 Å². The summed E-state index contributed by atoms with van der Waals surface area (Å²) in [5, 5.41) is 36.0. The highest BCUT2D eigenvalue weighted by Gasteiger charge is 2.38. The summed E-state index contributed by atoms with van der Waals surface area (Å²) in [5.41, 5.74) is 1.05. The van der Waals surface area contributed by atoms with Crippen LogP contribution in [0.3, 0.4) is 0 Å². The van der Waals surface area contributed by atoms with Crippen LogP contribution < -0.4 is 5.32 Å². The number of aliphatic carboxylic acids is 2. The lowest BCUT2D eigenvalue weighted by Gasteiger charge is -2.24. The maximum Gasteiger partial charge on any atom is 0.335 e. The van der Waals surface area contributed by atoms with Gasteiger partial charge in [0.2, 0.25) is 0 Å². The first-order chi connectivity index (χ1) is 13.8. The molecule has 9 nitrogen and oxygen atoms in total. The second-order valence-corrected chi connectivity index (χ2v) is 7.27. The monoisotopic (exact) mass is 409 g/mol. The molecule has 160 valence electrons. The van der Waals surface area contributed by atoms with Gasteiger partial charge in [0.25, 0.3) is 0 Å². The van der Waals surface area contributed by atoms with Crippen molar-refractivity contribution < 1.29 is 39.5 Å². The van der Waals surface area contributed by atoms with Crippen molar-refractivity contribution in [2.75, 3.05) is 0 Å². The van der Waals surface area contributed by atoms with Crippen molar-refractivity contribution in [3.8, 4) is 0 Å². The lowest BCUT2D eigenvalue weighted by molar-refractivity contribution is -0.165. The Labute approximate surface area is 168 Å². The van der Waals surface area contributed by atoms with E-state index in [2.05, 4.69) is 5.32 Å². The number of fused-ring (bicyclic) bond motifs is 1. The van der Waals surface area contributed by atoms with Crippen LogP contribution in [0.1, 0.15) is 37.7 Å². The van der Waals surface area contributed by atoms with Crippen LogP contribution in [0.25, 0.3) is 0 Å². The summed E-state index contributed by atoms with van der Waals surface area (Å²) < 4.78 is 5.42. The standard InChI is InChI=1S/C16H21NO2.C4H6O6/c18-16(19-11-12-6-2-1-3-7-12)15-10-13-8-4-5-9-14(13)17-15;5-1(3(7)8)2(6)4(9)10/h1-3,6-7,13-15,17H,4-5,8-11H2;1-2,5-6H,(H,7,8)(H,9,10). The molecular weight excluding hydrogens is 382 g/mol. The number of carboxylic acids is 2. The molecule has 5 unspecified atom stereocenters. The van der Waals surface area contributed by atoms with Gasteiger partial charge in [0.1, 0.15) is 12.6 Å². The molecular formula is C20H27NO8. The fourth-order valence-corrected chi connectivity index (χ4v) is 3.60. The second-order valence-electron chi connectivity index (χ2n) is 7.27. The van der Waals surface area contributed by atoms with E-state index in [0.29, 0.717) is 18.6 Å². The van der Waals surface area contributed by atoms with E-state index in [1.54, 1.807) is 0 Å². The van der Waals surface area contributed by atoms with Gasteiger partial charge in [-0.1, -0.05) is 43.2 Å². The van der Waals surface area contributed by atoms with Gasteiger partial charge in [0.05, 0.1) is 0 Å². The van der Waals surface area contributed by atoms with Gasteiger partial charge in [-0.15, -0.1) is 0 Å². The molecule has 9 heteroatoms. The summed E-state index contributed by atoms with van der Waals surface area (Å²) in [5.74, 6) is -2.94. The Morgan fingerprint density at radius 3 is 2.14 bits per heavy atom. The number of benzene rings is 1. The predicted octanol–water partition coefficient (Wildman–Crippen LogP) is 0.528. The first-order valence-corrected chi connectivity index (χ1v) is 9.58. The molecule has 5 N–H and O–H groups in total. The molecule has 0 spiro atoms. The molecule has 1 aromatic carbocycles. The maximum absolute atomic E-state index is 12.1. The van der Waals surface area contributed by atoms with Crippen LogP contribution in [-0.4, -0.2) is 62.6 Å². The van der Waals surface area contributed by atoms with Crippen molar-refractivity contribution in [2.45, 2.75) is 63.0 Å². The largest absolute Gasteiger partial charge is 0.479 e. The Balaban J connectivity index is 0.000000257. The highest BCUT2D eigenvalue weighted by molar-refractivity contribution is 5.83. The molecule has 0 radical (unpaired) electrons. The van der Waals surface area contributed by atoms with Crippen molar-refractivity contribution in [3.63, 3.8) is 0 Å². The van der Waals surface area contributed by atoms with Crippen molar-refractivity contribution in [1.82, 2.24) is 5.32 Å². The molecule has 0 bridgehead atoms. The third kappa shape index (κ3) is 6.81. The van der Waals surface area contributed by atoms with Gasteiger partial charge in [0, 0.05) is 6.04 Å². The zero-order valence-corrected chi connectivity index (χ0v) is 15.9. The summed E-state index contributed by atoms with van der Waals surface area (Å²) in [6.07, 6.45) is 1.51. The molecule has 1 aromatic rings. The molecule has 2 fully saturated rings. The van der Waals surface area contributed by atoms with E-state index in [-0.39, 0.29) is 12.0 Å². The van der Waals surface area contributed by atoms with Crippen molar-refractivity contribution in [2.24, 2.45) is 5.92 Å². The normalized spacial score (nSPS) is 25.0. The number of hydrogen-bond donors (Lipinski definition) is 5.